The maximum absolute atomic E-state index is 11.6. The van der Waals surface area contributed by atoms with Gasteiger partial charge in [0.2, 0.25) is 5.91 Å². The van der Waals surface area contributed by atoms with Crippen molar-refractivity contribution in [3.05, 3.63) is 0 Å². The molecule has 1 N–H and O–H groups in total. The lowest BCUT2D eigenvalue weighted by Gasteiger charge is -2.17. The Balaban J connectivity index is 2.33. The van der Waals surface area contributed by atoms with Crippen LogP contribution < -0.4 is 0 Å². The van der Waals surface area contributed by atoms with Crippen LogP contribution in [0.15, 0.2) is 0 Å². The summed E-state index contributed by atoms with van der Waals surface area (Å²) in [6.07, 6.45) is 1.60. The van der Waals surface area contributed by atoms with Gasteiger partial charge in [0.05, 0.1) is 0 Å². The Hall–Kier alpha value is -0.570. The molecular formula is C10H19NO2. The summed E-state index contributed by atoms with van der Waals surface area (Å²) in [5.41, 5.74) is 0. The molecule has 76 valence electrons. The number of nitrogens with zero attached hydrogens (tertiary/aromatic N) is 1. The van der Waals surface area contributed by atoms with Crippen molar-refractivity contribution in [3.63, 3.8) is 0 Å². The van der Waals surface area contributed by atoms with Crippen molar-refractivity contribution >= 4 is 5.91 Å². The van der Waals surface area contributed by atoms with E-state index in [0.29, 0.717) is 18.3 Å². The van der Waals surface area contributed by atoms with Crippen molar-refractivity contribution in [2.75, 3.05) is 19.7 Å². The lowest BCUT2D eigenvalue weighted by atomic mass is 10.1. The first-order chi connectivity index (χ1) is 6.13. The van der Waals surface area contributed by atoms with Crippen molar-refractivity contribution in [2.45, 2.75) is 26.7 Å². The van der Waals surface area contributed by atoms with E-state index in [1.54, 1.807) is 0 Å². The molecule has 3 heteroatoms. The molecule has 13 heavy (non-hydrogen) atoms. The van der Waals surface area contributed by atoms with Gasteiger partial charge in [0.25, 0.3) is 0 Å². The Kier molecular flexibility index (Phi) is 3.72. The van der Waals surface area contributed by atoms with Crippen molar-refractivity contribution < 1.29 is 9.90 Å². The van der Waals surface area contributed by atoms with Gasteiger partial charge in [-0.1, -0.05) is 13.8 Å². The molecule has 0 aromatic heterocycles. The first-order valence-corrected chi connectivity index (χ1v) is 5.02. The fraction of sp³-hybridized carbons (Fsp3) is 0.900. The quantitative estimate of drug-likeness (QED) is 0.709. The van der Waals surface area contributed by atoms with Crippen LogP contribution in [-0.4, -0.2) is 35.6 Å². The van der Waals surface area contributed by atoms with Gasteiger partial charge in [-0.25, -0.2) is 0 Å². The van der Waals surface area contributed by atoms with E-state index in [1.807, 2.05) is 4.90 Å². The highest BCUT2D eigenvalue weighted by Gasteiger charge is 2.25. The van der Waals surface area contributed by atoms with Crippen LogP contribution in [0.3, 0.4) is 0 Å². The highest BCUT2D eigenvalue weighted by Crippen LogP contribution is 2.17. The Labute approximate surface area is 79.7 Å². The van der Waals surface area contributed by atoms with Gasteiger partial charge in [0.1, 0.15) is 0 Å². The van der Waals surface area contributed by atoms with Gasteiger partial charge in [-0.05, 0) is 12.3 Å². The monoisotopic (exact) mass is 185 g/mol. The van der Waals surface area contributed by atoms with E-state index in [1.165, 1.54) is 0 Å². The van der Waals surface area contributed by atoms with E-state index >= 15 is 0 Å². The van der Waals surface area contributed by atoms with Gasteiger partial charge in [-0.15, -0.1) is 0 Å². The molecule has 1 atom stereocenters. The lowest BCUT2D eigenvalue weighted by Crippen LogP contribution is -2.29. The summed E-state index contributed by atoms with van der Waals surface area (Å²) in [6.45, 7) is 5.90. The zero-order chi connectivity index (χ0) is 9.84. The number of aliphatic hydroxyl groups excluding tert-OH is 1. The van der Waals surface area contributed by atoms with Crippen LogP contribution >= 0.6 is 0 Å². The number of amides is 1. The molecule has 0 aromatic carbocycles. The van der Waals surface area contributed by atoms with Crippen LogP contribution in [0.4, 0.5) is 0 Å². The molecule has 0 unspecified atom stereocenters. The Bertz CT molecular complexity index is 180. The minimum absolute atomic E-state index is 0.214. The number of aliphatic hydroxyl groups is 1. The van der Waals surface area contributed by atoms with Crippen molar-refractivity contribution in [3.8, 4) is 0 Å². The summed E-state index contributed by atoms with van der Waals surface area (Å²) < 4.78 is 0. The zero-order valence-corrected chi connectivity index (χ0v) is 8.49. The fourth-order valence-electron chi connectivity index (χ4n) is 1.69. The molecule has 1 aliphatic heterocycles. The fourth-order valence-corrected chi connectivity index (χ4v) is 1.69. The number of rotatable bonds is 3. The average Bonchev–Trinajstić information content (AvgIpc) is 2.50. The smallest absolute Gasteiger partial charge is 0.222 e. The van der Waals surface area contributed by atoms with E-state index in [-0.39, 0.29) is 12.5 Å². The predicted molar refractivity (Wildman–Crippen MR) is 51.2 cm³/mol. The molecule has 1 heterocycles. The van der Waals surface area contributed by atoms with E-state index in [0.717, 1.165) is 19.5 Å². The lowest BCUT2D eigenvalue weighted by molar-refractivity contribution is -0.131. The molecule has 1 fully saturated rings. The standard InChI is InChI=1S/C10H19NO2/c1-8(2)5-10(13)11-4-3-9(6-11)7-12/h8-9,12H,3-7H2,1-2H3/t9-/m1/s1. The molecular weight excluding hydrogens is 166 g/mol. The number of carbonyl (C=O) groups is 1. The first kappa shape index (κ1) is 10.5. The summed E-state index contributed by atoms with van der Waals surface area (Å²) in [6, 6.07) is 0. The second-order valence-corrected chi connectivity index (χ2v) is 4.27. The largest absolute Gasteiger partial charge is 0.396 e. The zero-order valence-electron chi connectivity index (χ0n) is 8.49. The van der Waals surface area contributed by atoms with Gasteiger partial charge in [0, 0.05) is 32.0 Å². The second kappa shape index (κ2) is 4.61. The van der Waals surface area contributed by atoms with Crippen LogP contribution in [0, 0.1) is 11.8 Å². The Morgan fingerprint density at radius 1 is 1.62 bits per heavy atom. The third-order valence-electron chi connectivity index (χ3n) is 2.48. The molecule has 0 bridgehead atoms. The van der Waals surface area contributed by atoms with Crippen molar-refractivity contribution in [2.24, 2.45) is 11.8 Å². The third kappa shape index (κ3) is 2.99. The Morgan fingerprint density at radius 2 is 2.31 bits per heavy atom. The third-order valence-corrected chi connectivity index (χ3v) is 2.48. The predicted octanol–water partition coefficient (Wildman–Crippen LogP) is 0.873. The van der Waals surface area contributed by atoms with Crippen LogP contribution in [0.2, 0.25) is 0 Å². The summed E-state index contributed by atoms with van der Waals surface area (Å²) >= 11 is 0. The molecule has 1 rings (SSSR count). The molecule has 3 nitrogen and oxygen atoms in total. The van der Waals surface area contributed by atoms with Crippen molar-refractivity contribution in [1.29, 1.82) is 0 Å². The van der Waals surface area contributed by atoms with Crippen LogP contribution in [0.1, 0.15) is 26.7 Å². The van der Waals surface area contributed by atoms with Gasteiger partial charge >= 0.3 is 0 Å². The maximum atomic E-state index is 11.6. The average molecular weight is 185 g/mol. The molecule has 1 aliphatic rings. The minimum Gasteiger partial charge on any atom is -0.396 e. The molecule has 1 saturated heterocycles. The van der Waals surface area contributed by atoms with E-state index in [4.69, 9.17) is 5.11 Å². The van der Waals surface area contributed by atoms with Gasteiger partial charge in [-0.3, -0.25) is 4.79 Å². The molecule has 0 saturated carbocycles. The normalized spacial score (nSPS) is 22.8. The highest BCUT2D eigenvalue weighted by molar-refractivity contribution is 5.76. The molecule has 0 radical (unpaired) electrons. The number of likely N-dealkylation sites (tertiary alicyclic amines) is 1. The molecule has 0 aromatic rings. The molecule has 1 amide bonds. The van der Waals surface area contributed by atoms with E-state index in [9.17, 15) is 4.79 Å². The first-order valence-electron chi connectivity index (χ1n) is 5.02. The highest BCUT2D eigenvalue weighted by atomic mass is 16.3. The van der Waals surface area contributed by atoms with E-state index < -0.39 is 0 Å². The summed E-state index contributed by atoms with van der Waals surface area (Å²) in [4.78, 5) is 13.4. The Morgan fingerprint density at radius 3 is 2.77 bits per heavy atom. The SMILES string of the molecule is CC(C)CC(=O)N1CC[C@@H](CO)C1. The number of hydrogen-bond donors (Lipinski definition) is 1. The summed E-state index contributed by atoms with van der Waals surface area (Å²) in [7, 11) is 0. The van der Waals surface area contributed by atoms with Crippen LogP contribution in [0.5, 0.6) is 0 Å². The topological polar surface area (TPSA) is 40.5 Å². The second-order valence-electron chi connectivity index (χ2n) is 4.27. The maximum Gasteiger partial charge on any atom is 0.222 e. The molecule has 0 aliphatic carbocycles. The van der Waals surface area contributed by atoms with E-state index in [2.05, 4.69) is 13.8 Å². The van der Waals surface area contributed by atoms with Gasteiger partial charge < -0.3 is 10.0 Å². The minimum atomic E-state index is 0.214. The number of carbonyl (C=O) groups excluding carboxylic acids is 1. The van der Waals surface area contributed by atoms with Crippen molar-refractivity contribution in [1.82, 2.24) is 4.90 Å². The summed E-state index contributed by atoms with van der Waals surface area (Å²) in [5.74, 6) is 0.989. The van der Waals surface area contributed by atoms with Gasteiger partial charge in [-0.2, -0.15) is 0 Å². The van der Waals surface area contributed by atoms with Gasteiger partial charge in [0.15, 0.2) is 0 Å². The summed E-state index contributed by atoms with van der Waals surface area (Å²) in [5, 5.41) is 8.91. The van der Waals surface area contributed by atoms with Crippen LogP contribution in [-0.2, 0) is 4.79 Å². The molecule has 0 spiro atoms. The van der Waals surface area contributed by atoms with Crippen LogP contribution in [0.25, 0.3) is 0 Å². The number of hydrogen-bond acceptors (Lipinski definition) is 2.